The van der Waals surface area contributed by atoms with Crippen LogP contribution in [0.5, 0.6) is 5.75 Å². The van der Waals surface area contributed by atoms with Gasteiger partial charge in [0.25, 0.3) is 5.91 Å². The molecule has 0 atom stereocenters. The van der Waals surface area contributed by atoms with Crippen LogP contribution in [-0.2, 0) is 10.3 Å². The fourth-order valence-corrected chi connectivity index (χ4v) is 4.28. The quantitative estimate of drug-likeness (QED) is 0.267. The molecule has 0 spiro atoms. The molecule has 0 heterocycles. The van der Waals surface area contributed by atoms with Gasteiger partial charge in [-0.2, -0.15) is 5.26 Å². The van der Waals surface area contributed by atoms with Crippen LogP contribution in [0.4, 0.5) is 0 Å². The van der Waals surface area contributed by atoms with Crippen LogP contribution in [0, 0.1) is 11.5 Å². The first-order valence-electron chi connectivity index (χ1n) is 10.6. The number of amides is 1. The van der Waals surface area contributed by atoms with Gasteiger partial charge >= 0.3 is 0 Å². The molecule has 168 valence electrons. The van der Waals surface area contributed by atoms with E-state index in [1.165, 1.54) is 12.7 Å². The molecular weight excluding hydrogens is 406 g/mol. The van der Waals surface area contributed by atoms with Crippen molar-refractivity contribution in [3.8, 4) is 11.9 Å². The molecule has 2 aromatic carbocycles. The van der Waals surface area contributed by atoms with Crippen LogP contribution in [0.25, 0.3) is 0 Å². The monoisotopic (exact) mass is 435 g/mol. The summed E-state index contributed by atoms with van der Waals surface area (Å²) in [5, 5.41) is 15.2. The van der Waals surface area contributed by atoms with Crippen molar-refractivity contribution in [1.29, 1.82) is 5.26 Å². The number of aliphatic imine (C=N–C) groups is 1. The van der Waals surface area contributed by atoms with Gasteiger partial charge < -0.3 is 15.4 Å². The number of rotatable bonds is 7. The Labute approximate surface area is 188 Å². The number of methoxy groups -OCH3 is 1. The number of benzene rings is 2. The van der Waals surface area contributed by atoms with Crippen LogP contribution in [0.2, 0.25) is 0 Å². The predicted octanol–water partition coefficient (Wildman–Crippen LogP) is 2.88. The highest BCUT2D eigenvalue weighted by Gasteiger charge is 2.37. The fraction of sp³-hybridized carbons (Fsp3) is 0.375. The van der Waals surface area contributed by atoms with E-state index in [0.717, 1.165) is 25.7 Å². The van der Waals surface area contributed by atoms with Crippen molar-refractivity contribution in [3.05, 3.63) is 65.7 Å². The molecule has 1 fully saturated rings. The third kappa shape index (κ3) is 5.56. The van der Waals surface area contributed by atoms with Crippen molar-refractivity contribution in [2.75, 3.05) is 20.8 Å². The number of nitrogens with zero attached hydrogens (tertiary/aromatic N) is 2. The Kier molecular flexibility index (Phi) is 8.06. The van der Waals surface area contributed by atoms with E-state index >= 15 is 0 Å². The molecule has 0 bridgehead atoms. The van der Waals surface area contributed by atoms with Gasteiger partial charge in [-0.1, -0.05) is 42.5 Å². The normalized spacial score (nSPS) is 20.7. The molecule has 0 aliphatic heterocycles. The molecule has 3 rings (SSSR count). The largest absolute Gasteiger partial charge is 0.496 e. The van der Waals surface area contributed by atoms with Crippen LogP contribution in [0.3, 0.4) is 0 Å². The molecule has 0 saturated heterocycles. The summed E-state index contributed by atoms with van der Waals surface area (Å²) >= 11 is 0. The molecule has 8 heteroatoms. The zero-order valence-electron chi connectivity index (χ0n) is 18.4. The van der Waals surface area contributed by atoms with Crippen LogP contribution >= 0.6 is 0 Å². The molecule has 0 unspecified atom stereocenters. The first kappa shape index (κ1) is 23.1. The number of hydrogen-bond donors (Lipinski definition) is 3. The number of para-hydroxylation sites is 1. The summed E-state index contributed by atoms with van der Waals surface area (Å²) < 4.78 is 5.34. The number of ether oxygens (including phenoxy) is 1. The van der Waals surface area contributed by atoms with E-state index in [4.69, 9.17) is 14.8 Å². The summed E-state index contributed by atoms with van der Waals surface area (Å²) in [6, 6.07) is 17.7. The molecule has 1 amide bonds. The van der Waals surface area contributed by atoms with Gasteiger partial charge in [-0.25, -0.2) is 5.48 Å². The van der Waals surface area contributed by atoms with Crippen molar-refractivity contribution in [1.82, 2.24) is 16.1 Å². The minimum absolute atomic E-state index is 0.145. The zero-order chi connectivity index (χ0) is 22.8. The number of hydrogen-bond acceptors (Lipinski definition) is 5. The lowest BCUT2D eigenvalue weighted by Gasteiger charge is -2.41. The van der Waals surface area contributed by atoms with Gasteiger partial charge in [-0.05, 0) is 43.4 Å². The molecular formula is C24H29N5O3. The number of nitriles is 1. The van der Waals surface area contributed by atoms with Crippen LogP contribution in [-0.4, -0.2) is 38.7 Å². The Morgan fingerprint density at radius 1 is 1.12 bits per heavy atom. The SMILES string of the molecule is CON/C(=N\C#N)NC1CCC(CNC(=O)c2ccccc2OC)(c2ccccc2)CC1. The Morgan fingerprint density at radius 2 is 1.81 bits per heavy atom. The first-order chi connectivity index (χ1) is 15.6. The van der Waals surface area contributed by atoms with Gasteiger partial charge in [0, 0.05) is 18.0 Å². The van der Waals surface area contributed by atoms with Gasteiger partial charge in [-0.3, -0.25) is 9.63 Å². The standard InChI is InChI=1S/C24H29N5O3/c1-31-21-11-7-6-10-20(21)22(30)26-16-24(18-8-4-3-5-9-18)14-12-19(13-15-24)28-23(27-17-25)29-32-2/h3-11,19H,12-16H2,1-2H3,(H,26,30)(H2,27,28,29). The molecule has 32 heavy (non-hydrogen) atoms. The third-order valence-electron chi connectivity index (χ3n) is 5.97. The van der Waals surface area contributed by atoms with E-state index < -0.39 is 0 Å². The van der Waals surface area contributed by atoms with Gasteiger partial charge in [0.1, 0.15) is 5.75 Å². The highest BCUT2D eigenvalue weighted by molar-refractivity contribution is 5.97. The summed E-state index contributed by atoms with van der Waals surface area (Å²) in [5.41, 5.74) is 4.15. The Balaban J connectivity index is 1.73. The Bertz CT molecular complexity index is 963. The van der Waals surface area contributed by atoms with Crippen molar-refractivity contribution in [2.45, 2.75) is 37.1 Å². The van der Waals surface area contributed by atoms with Crippen molar-refractivity contribution < 1.29 is 14.4 Å². The van der Waals surface area contributed by atoms with Crippen molar-refractivity contribution in [2.24, 2.45) is 4.99 Å². The lowest BCUT2D eigenvalue weighted by molar-refractivity contribution is 0.0931. The van der Waals surface area contributed by atoms with Crippen molar-refractivity contribution in [3.63, 3.8) is 0 Å². The second-order valence-corrected chi connectivity index (χ2v) is 7.81. The fourth-order valence-electron chi connectivity index (χ4n) is 4.28. The summed E-state index contributed by atoms with van der Waals surface area (Å²) in [7, 11) is 3.04. The molecule has 1 aliphatic rings. The average Bonchev–Trinajstić information content (AvgIpc) is 2.84. The number of nitrogens with one attached hydrogen (secondary N) is 3. The molecule has 1 aliphatic carbocycles. The lowest BCUT2D eigenvalue weighted by atomic mass is 9.68. The maximum absolute atomic E-state index is 12.9. The zero-order valence-corrected chi connectivity index (χ0v) is 18.4. The molecule has 1 saturated carbocycles. The van der Waals surface area contributed by atoms with Crippen LogP contribution < -0.4 is 20.9 Å². The van der Waals surface area contributed by atoms with E-state index in [2.05, 4.69) is 33.2 Å². The van der Waals surface area contributed by atoms with E-state index in [1.54, 1.807) is 25.4 Å². The highest BCUT2D eigenvalue weighted by Crippen LogP contribution is 2.39. The summed E-state index contributed by atoms with van der Waals surface area (Å²) in [6.45, 7) is 0.524. The van der Waals surface area contributed by atoms with Gasteiger partial charge in [0.05, 0.1) is 19.8 Å². The first-order valence-corrected chi connectivity index (χ1v) is 10.6. The van der Waals surface area contributed by atoms with Crippen molar-refractivity contribution >= 4 is 11.9 Å². The Hall–Kier alpha value is -3.57. The van der Waals surface area contributed by atoms with Crippen LogP contribution in [0.15, 0.2) is 59.6 Å². The molecule has 8 nitrogen and oxygen atoms in total. The van der Waals surface area contributed by atoms with Gasteiger partial charge in [-0.15, -0.1) is 4.99 Å². The molecule has 0 aromatic heterocycles. The van der Waals surface area contributed by atoms with E-state index in [1.807, 2.05) is 30.3 Å². The minimum Gasteiger partial charge on any atom is -0.496 e. The lowest BCUT2D eigenvalue weighted by Crippen LogP contribution is -2.49. The second kappa shape index (κ2) is 11.2. The summed E-state index contributed by atoms with van der Waals surface area (Å²) in [6.07, 6.45) is 5.22. The maximum Gasteiger partial charge on any atom is 0.255 e. The van der Waals surface area contributed by atoms with E-state index in [0.29, 0.717) is 23.8 Å². The average molecular weight is 436 g/mol. The maximum atomic E-state index is 12.9. The number of hydroxylamine groups is 1. The predicted molar refractivity (Wildman–Crippen MR) is 122 cm³/mol. The van der Waals surface area contributed by atoms with E-state index in [-0.39, 0.29) is 17.4 Å². The van der Waals surface area contributed by atoms with E-state index in [9.17, 15) is 4.79 Å². The summed E-state index contributed by atoms with van der Waals surface area (Å²) in [5.74, 6) is 0.712. The number of carbonyl (C=O) groups excluding carboxylic acids is 1. The van der Waals surface area contributed by atoms with Crippen LogP contribution in [0.1, 0.15) is 41.6 Å². The minimum atomic E-state index is -0.182. The topological polar surface area (TPSA) is 108 Å². The number of carbonyl (C=O) groups is 1. The molecule has 3 N–H and O–H groups in total. The number of guanidine groups is 1. The Morgan fingerprint density at radius 3 is 2.47 bits per heavy atom. The highest BCUT2D eigenvalue weighted by atomic mass is 16.6. The molecule has 0 radical (unpaired) electrons. The third-order valence-corrected chi connectivity index (χ3v) is 5.97. The summed E-state index contributed by atoms with van der Waals surface area (Å²) in [4.78, 5) is 21.5. The van der Waals surface area contributed by atoms with Gasteiger partial charge in [0.15, 0.2) is 0 Å². The second-order valence-electron chi connectivity index (χ2n) is 7.81. The smallest absolute Gasteiger partial charge is 0.255 e. The molecule has 2 aromatic rings. The van der Waals surface area contributed by atoms with Gasteiger partial charge in [0.2, 0.25) is 12.2 Å².